The van der Waals surface area contributed by atoms with Crippen molar-refractivity contribution in [1.82, 2.24) is 9.97 Å². The maximum absolute atomic E-state index is 11.9. The van der Waals surface area contributed by atoms with Crippen LogP contribution in [0, 0.1) is 12.3 Å². The Hall–Kier alpha value is -2.68. The van der Waals surface area contributed by atoms with Gasteiger partial charge in [-0.05, 0) is 54.3 Å². The van der Waals surface area contributed by atoms with E-state index in [1.54, 1.807) is 56.0 Å². The summed E-state index contributed by atoms with van der Waals surface area (Å²) in [6, 6.07) is 8.51. The Morgan fingerprint density at radius 1 is 1.19 bits per heavy atom. The van der Waals surface area contributed by atoms with E-state index < -0.39 is 16.2 Å². The second kappa shape index (κ2) is 9.44. The number of anilines is 2. The zero-order valence-corrected chi connectivity index (χ0v) is 20.5. The van der Waals surface area contributed by atoms with Gasteiger partial charge in [0.2, 0.25) is 0 Å². The molecule has 0 aliphatic rings. The zero-order chi connectivity index (χ0) is 23.6. The summed E-state index contributed by atoms with van der Waals surface area (Å²) in [4.78, 5) is 8.39. The molecule has 1 aromatic carbocycles. The lowest BCUT2D eigenvalue weighted by Gasteiger charge is -2.19. The van der Waals surface area contributed by atoms with Crippen LogP contribution in [0.15, 0.2) is 42.7 Å². The Kier molecular flexibility index (Phi) is 7.07. The van der Waals surface area contributed by atoms with Gasteiger partial charge in [0.05, 0.1) is 21.5 Å². The number of nitrogens with zero attached hydrogens (tertiary/aromatic N) is 2. The lowest BCUT2D eigenvalue weighted by atomic mass is 10.0. The van der Waals surface area contributed by atoms with Crippen LogP contribution in [0.2, 0.25) is 10.0 Å². The van der Waals surface area contributed by atoms with Gasteiger partial charge in [-0.2, -0.15) is 0 Å². The number of pyridine rings is 2. The minimum atomic E-state index is -2.47. The van der Waals surface area contributed by atoms with Crippen molar-refractivity contribution in [3.05, 3.63) is 75.2 Å². The smallest absolute Gasteiger partial charge is 0.136 e. The first-order valence-corrected chi connectivity index (χ1v) is 13.1. The number of nitrogens with one attached hydrogen (secondary N) is 2. The molecule has 0 bridgehead atoms. The highest BCUT2D eigenvalue weighted by molar-refractivity contribution is 8.02. The number of nitrogen functional groups attached to an aromatic ring is 1. The van der Waals surface area contributed by atoms with Gasteiger partial charge in [-0.1, -0.05) is 23.2 Å². The molecule has 10 heteroatoms. The van der Waals surface area contributed by atoms with Crippen LogP contribution in [-0.2, 0) is 10.1 Å². The van der Waals surface area contributed by atoms with Gasteiger partial charge in [-0.3, -0.25) is 14.6 Å². The summed E-state index contributed by atoms with van der Waals surface area (Å²) in [6.45, 7) is 3.63. The second-order valence-corrected chi connectivity index (χ2v) is 11.4. The van der Waals surface area contributed by atoms with Crippen molar-refractivity contribution < 1.29 is 8.95 Å². The minimum absolute atomic E-state index is 0.187. The van der Waals surface area contributed by atoms with Crippen LogP contribution in [0.3, 0.4) is 0 Å². The largest absolute Gasteiger partial charge is 0.486 e. The summed E-state index contributed by atoms with van der Waals surface area (Å²) in [5, 5.41) is 9.47. The summed E-state index contributed by atoms with van der Waals surface area (Å²) in [7, 11) is -2.47. The summed E-state index contributed by atoms with van der Waals surface area (Å²) in [5.41, 5.74) is 9.11. The highest BCUT2D eigenvalue weighted by atomic mass is 35.5. The van der Waals surface area contributed by atoms with E-state index in [2.05, 4.69) is 14.7 Å². The molecule has 3 rings (SSSR count). The molecule has 0 aliphatic heterocycles. The van der Waals surface area contributed by atoms with Crippen LogP contribution in [0.25, 0.3) is 0 Å². The number of nitrogens with two attached hydrogens (primary N) is 1. The van der Waals surface area contributed by atoms with Crippen LogP contribution in [0.4, 0.5) is 11.5 Å². The predicted octanol–water partition coefficient (Wildman–Crippen LogP) is 4.83. The van der Waals surface area contributed by atoms with Gasteiger partial charge in [-0.15, -0.1) is 0 Å². The van der Waals surface area contributed by atoms with E-state index in [-0.39, 0.29) is 5.71 Å². The van der Waals surface area contributed by atoms with E-state index in [1.807, 2.05) is 6.92 Å². The highest BCUT2D eigenvalue weighted by Crippen LogP contribution is 2.35. The third-order valence-electron chi connectivity index (χ3n) is 4.63. The first kappa shape index (κ1) is 24.0. The second-order valence-electron chi connectivity index (χ2n) is 7.70. The molecule has 2 heterocycles. The summed E-state index contributed by atoms with van der Waals surface area (Å²) in [6.07, 6.45) is 5.86. The molecule has 0 fully saturated rings. The zero-order valence-electron chi connectivity index (χ0n) is 18.1. The average Bonchev–Trinajstić information content (AvgIpc) is 2.71. The van der Waals surface area contributed by atoms with Crippen LogP contribution in [0.5, 0.6) is 5.75 Å². The van der Waals surface area contributed by atoms with Crippen molar-refractivity contribution >= 4 is 50.5 Å². The Morgan fingerprint density at radius 3 is 2.53 bits per heavy atom. The number of rotatable bonds is 7. The Labute approximate surface area is 198 Å². The van der Waals surface area contributed by atoms with Gasteiger partial charge in [-0.25, -0.2) is 4.98 Å². The molecule has 0 amide bonds. The van der Waals surface area contributed by atoms with E-state index in [9.17, 15) is 4.21 Å². The molecule has 2 aromatic heterocycles. The molecule has 0 spiro atoms. The fourth-order valence-electron chi connectivity index (χ4n) is 3.08. The van der Waals surface area contributed by atoms with Gasteiger partial charge in [0.1, 0.15) is 17.7 Å². The molecular formula is C22H25Cl2N5O2S. The maximum Gasteiger partial charge on any atom is 0.136 e. The molecule has 0 unspecified atom stereocenters. The molecule has 7 nitrogen and oxygen atoms in total. The standard InChI is InChI=1S/C22H25Cl2N5O2S/c1-12-21(24)20(17(23)11-27-12)13(2)31-15-6-7-18(25)16(9-15)22(26)14-5-8-19(28-10-14)29-32(3,4)30/h5-11,13,26,32H,25H2,1-4H3,(H,28,29,30)/t13-/m1/s1. The lowest BCUT2D eigenvalue weighted by molar-refractivity contribution is 0.227. The van der Waals surface area contributed by atoms with Gasteiger partial charge in [0.25, 0.3) is 0 Å². The van der Waals surface area contributed by atoms with E-state index in [0.29, 0.717) is 49.7 Å². The van der Waals surface area contributed by atoms with Crippen molar-refractivity contribution in [2.45, 2.75) is 20.0 Å². The third kappa shape index (κ3) is 5.56. The number of ether oxygens (including phenoxy) is 1. The maximum atomic E-state index is 11.9. The fourth-order valence-corrected chi connectivity index (χ4v) is 4.41. The quantitative estimate of drug-likeness (QED) is 0.213. The molecule has 0 saturated carbocycles. The van der Waals surface area contributed by atoms with Gasteiger partial charge < -0.3 is 15.2 Å². The first-order chi connectivity index (χ1) is 15.0. The summed E-state index contributed by atoms with van der Waals surface area (Å²) in [5.74, 6) is 0.993. The molecule has 4 N–H and O–H groups in total. The number of hydrogen-bond acceptors (Lipinski definition) is 6. The molecule has 1 atom stereocenters. The summed E-state index contributed by atoms with van der Waals surface area (Å²) >= 11 is 12.7. The van der Waals surface area contributed by atoms with E-state index in [0.717, 1.165) is 0 Å². The normalized spacial score (nSPS) is 12.8. The molecule has 170 valence electrons. The van der Waals surface area contributed by atoms with E-state index in [1.165, 1.54) is 6.20 Å². The van der Waals surface area contributed by atoms with Crippen molar-refractivity contribution in [2.75, 3.05) is 23.0 Å². The molecule has 0 aliphatic carbocycles. The van der Waals surface area contributed by atoms with Crippen LogP contribution in [0.1, 0.15) is 35.4 Å². The fraction of sp³-hybridized carbons (Fsp3) is 0.227. The third-order valence-corrected chi connectivity index (χ3v) is 6.18. The number of halogens is 2. The van der Waals surface area contributed by atoms with Crippen LogP contribution in [-0.4, -0.2) is 32.4 Å². The molecule has 3 aromatic rings. The van der Waals surface area contributed by atoms with E-state index in [4.69, 9.17) is 39.1 Å². The van der Waals surface area contributed by atoms with Gasteiger partial charge in [0.15, 0.2) is 0 Å². The van der Waals surface area contributed by atoms with Crippen molar-refractivity contribution in [2.24, 2.45) is 0 Å². The number of benzene rings is 1. The number of hydrogen-bond donors (Lipinski definition) is 4. The molecular weight excluding hydrogens is 469 g/mol. The molecule has 0 radical (unpaired) electrons. The summed E-state index contributed by atoms with van der Waals surface area (Å²) < 4.78 is 20.8. The molecule has 0 saturated heterocycles. The monoisotopic (exact) mass is 493 g/mol. The van der Waals surface area contributed by atoms with Gasteiger partial charge in [0, 0.05) is 47.3 Å². The Bertz CT molecular complexity index is 1210. The Balaban J connectivity index is 1.85. The van der Waals surface area contributed by atoms with Crippen molar-refractivity contribution in [3.8, 4) is 5.75 Å². The Morgan fingerprint density at radius 2 is 1.91 bits per heavy atom. The molecule has 32 heavy (non-hydrogen) atoms. The SMILES string of the molecule is Cc1ncc(Cl)c([C@@H](C)Oc2ccc(N)c(C(=N)c3ccc(N[SH](C)(C)=O)nc3)c2)c1Cl. The number of thiol groups is 1. The lowest BCUT2D eigenvalue weighted by Crippen LogP contribution is -2.18. The van der Waals surface area contributed by atoms with Gasteiger partial charge >= 0.3 is 0 Å². The van der Waals surface area contributed by atoms with Crippen molar-refractivity contribution in [3.63, 3.8) is 0 Å². The minimum Gasteiger partial charge on any atom is -0.486 e. The predicted molar refractivity (Wildman–Crippen MR) is 134 cm³/mol. The first-order valence-electron chi connectivity index (χ1n) is 9.71. The van der Waals surface area contributed by atoms with Crippen LogP contribution >= 0.6 is 23.2 Å². The van der Waals surface area contributed by atoms with E-state index >= 15 is 0 Å². The highest BCUT2D eigenvalue weighted by Gasteiger charge is 2.19. The average molecular weight is 494 g/mol. The number of aromatic nitrogens is 2. The van der Waals surface area contributed by atoms with Crippen molar-refractivity contribution in [1.29, 1.82) is 5.41 Å². The number of aryl methyl sites for hydroxylation is 1. The van der Waals surface area contributed by atoms with Crippen LogP contribution < -0.4 is 15.2 Å². The topological polar surface area (TPSA) is 114 Å².